The fraction of sp³-hybridized carbons (Fsp3) is 0.667. The largest absolute Gasteiger partial charge is 0.461 e. The first-order chi connectivity index (χ1) is 14.5. The molecule has 2 aromatic heterocycles. The van der Waals surface area contributed by atoms with Crippen LogP contribution in [-0.2, 0) is 0 Å². The summed E-state index contributed by atoms with van der Waals surface area (Å²) in [6.45, 7) is 4.61. The summed E-state index contributed by atoms with van der Waals surface area (Å²) >= 11 is 5.93. The molecule has 6 nitrogen and oxygen atoms in total. The number of anilines is 1. The number of aromatic nitrogens is 3. The van der Waals surface area contributed by atoms with Crippen LogP contribution in [0, 0.1) is 5.82 Å². The third-order valence-electron chi connectivity index (χ3n) is 6.91. The van der Waals surface area contributed by atoms with Crippen molar-refractivity contribution in [1.29, 1.82) is 0 Å². The van der Waals surface area contributed by atoms with Crippen LogP contribution in [0.4, 0.5) is 14.6 Å². The van der Waals surface area contributed by atoms with Gasteiger partial charge in [0, 0.05) is 31.7 Å². The Morgan fingerprint density at radius 2 is 2.13 bits per heavy atom. The van der Waals surface area contributed by atoms with Crippen molar-refractivity contribution in [1.82, 2.24) is 19.9 Å². The van der Waals surface area contributed by atoms with Crippen molar-refractivity contribution in [2.45, 2.75) is 63.2 Å². The molecule has 0 unspecified atom stereocenters. The Morgan fingerprint density at radius 3 is 2.97 bits per heavy atom. The monoisotopic (exact) mass is 437 g/mol. The number of pyridine rings is 1. The van der Waals surface area contributed by atoms with Crippen molar-refractivity contribution >= 4 is 28.3 Å². The van der Waals surface area contributed by atoms with E-state index in [0.29, 0.717) is 30.8 Å². The molecule has 0 aromatic carbocycles. The molecule has 3 saturated heterocycles. The molecule has 0 saturated carbocycles. The predicted molar refractivity (Wildman–Crippen MR) is 112 cm³/mol. The average Bonchev–Trinajstić information content (AvgIpc) is 3.25. The summed E-state index contributed by atoms with van der Waals surface area (Å²) in [6.07, 6.45) is 6.32. The number of hydrogen-bond acceptors (Lipinski definition) is 6. The molecule has 0 spiro atoms. The second kappa shape index (κ2) is 7.71. The van der Waals surface area contributed by atoms with E-state index in [0.717, 1.165) is 45.2 Å². The van der Waals surface area contributed by atoms with Gasteiger partial charge in [0.15, 0.2) is 11.0 Å². The molecule has 162 valence electrons. The molecule has 0 amide bonds. The van der Waals surface area contributed by atoms with Crippen LogP contribution in [0.25, 0.3) is 10.9 Å². The van der Waals surface area contributed by atoms with Crippen LogP contribution in [0.3, 0.4) is 0 Å². The fourth-order valence-corrected chi connectivity index (χ4v) is 5.48. The van der Waals surface area contributed by atoms with E-state index in [2.05, 4.69) is 31.7 Å². The minimum Gasteiger partial charge on any atom is -0.461 e. The molecular formula is C21H26ClF2N5O. The zero-order chi connectivity index (χ0) is 20.9. The number of hydrogen-bond donors (Lipinski definition) is 0. The molecule has 2 aromatic rings. The Hall–Kier alpha value is -1.80. The standard InChI is InChI=1S/C21H26ClF2N5O/c1-13-5-2-3-8-29(13)19-15-10-25-18(22)16(24)17(15)26-20(27-19)30-12-21-6-4-7-28(21)11-14(23)9-21/h10,13-14H,2-9,11-12H2,1H3/t13-,14+,21-/m0/s1. The van der Waals surface area contributed by atoms with Gasteiger partial charge in [0.05, 0.1) is 10.9 Å². The zero-order valence-electron chi connectivity index (χ0n) is 17.1. The Bertz CT molecular complexity index is 963. The van der Waals surface area contributed by atoms with Crippen molar-refractivity contribution in [2.24, 2.45) is 0 Å². The van der Waals surface area contributed by atoms with E-state index >= 15 is 0 Å². The summed E-state index contributed by atoms with van der Waals surface area (Å²) in [4.78, 5) is 17.3. The Kier molecular flexibility index (Phi) is 5.17. The van der Waals surface area contributed by atoms with E-state index in [1.54, 1.807) is 0 Å². The highest BCUT2D eigenvalue weighted by Crippen LogP contribution is 2.40. The highest BCUT2D eigenvalue weighted by Gasteiger charge is 2.49. The predicted octanol–water partition coefficient (Wildman–Crippen LogP) is 4.15. The summed E-state index contributed by atoms with van der Waals surface area (Å²) in [5, 5.41) is 0.310. The van der Waals surface area contributed by atoms with Gasteiger partial charge < -0.3 is 9.64 Å². The minimum atomic E-state index is -0.835. The molecule has 0 radical (unpaired) electrons. The molecule has 3 fully saturated rings. The lowest BCUT2D eigenvalue weighted by Crippen LogP contribution is -2.43. The number of halogens is 3. The summed E-state index contributed by atoms with van der Waals surface area (Å²) in [5.41, 5.74) is -0.201. The van der Waals surface area contributed by atoms with E-state index in [9.17, 15) is 8.78 Å². The van der Waals surface area contributed by atoms with Crippen molar-refractivity contribution in [3.63, 3.8) is 0 Å². The van der Waals surface area contributed by atoms with Crippen molar-refractivity contribution in [3.8, 4) is 6.01 Å². The topological polar surface area (TPSA) is 54.4 Å². The SMILES string of the molecule is C[C@H]1CCCCN1c1nc(OC[C@@]23CCCN2C[C@H](F)C3)nc2c(F)c(Cl)ncc12. The minimum absolute atomic E-state index is 0.111. The number of alkyl halides is 1. The first kappa shape index (κ1) is 20.1. The van der Waals surface area contributed by atoms with Gasteiger partial charge in [0.1, 0.15) is 24.1 Å². The molecule has 0 N–H and O–H groups in total. The van der Waals surface area contributed by atoms with Gasteiger partial charge in [0.25, 0.3) is 0 Å². The van der Waals surface area contributed by atoms with E-state index in [-0.39, 0.29) is 28.3 Å². The van der Waals surface area contributed by atoms with Gasteiger partial charge in [-0.3, -0.25) is 4.90 Å². The van der Waals surface area contributed by atoms with Crippen LogP contribution >= 0.6 is 11.6 Å². The molecule has 5 rings (SSSR count). The number of nitrogens with zero attached hydrogens (tertiary/aromatic N) is 5. The molecule has 0 bridgehead atoms. The van der Waals surface area contributed by atoms with Gasteiger partial charge in [-0.05, 0) is 45.6 Å². The molecule has 0 aliphatic carbocycles. The number of rotatable bonds is 4. The maximum atomic E-state index is 14.8. The first-order valence-electron chi connectivity index (χ1n) is 10.8. The maximum absolute atomic E-state index is 14.8. The summed E-state index contributed by atoms with van der Waals surface area (Å²) in [7, 11) is 0. The lowest BCUT2D eigenvalue weighted by Gasteiger charge is -2.35. The quantitative estimate of drug-likeness (QED) is 0.670. The highest BCUT2D eigenvalue weighted by atomic mass is 35.5. The molecule has 3 aliphatic rings. The third kappa shape index (κ3) is 3.38. The second-order valence-corrected chi connectivity index (χ2v) is 9.22. The van der Waals surface area contributed by atoms with Crippen LogP contribution in [0.5, 0.6) is 6.01 Å². The van der Waals surface area contributed by atoms with E-state index in [1.165, 1.54) is 6.20 Å². The highest BCUT2D eigenvalue weighted by molar-refractivity contribution is 6.30. The van der Waals surface area contributed by atoms with Gasteiger partial charge >= 0.3 is 6.01 Å². The smallest absolute Gasteiger partial charge is 0.319 e. The Labute approximate surface area is 179 Å². The van der Waals surface area contributed by atoms with Crippen molar-refractivity contribution in [2.75, 3.05) is 31.1 Å². The maximum Gasteiger partial charge on any atom is 0.319 e. The van der Waals surface area contributed by atoms with Crippen LogP contribution < -0.4 is 9.64 Å². The lowest BCUT2D eigenvalue weighted by molar-refractivity contribution is 0.107. The van der Waals surface area contributed by atoms with Crippen molar-refractivity contribution < 1.29 is 13.5 Å². The molecule has 30 heavy (non-hydrogen) atoms. The van der Waals surface area contributed by atoms with Gasteiger partial charge in [-0.25, -0.2) is 13.8 Å². The fourth-order valence-electron chi connectivity index (χ4n) is 5.34. The van der Waals surface area contributed by atoms with E-state index in [1.807, 2.05) is 0 Å². The summed E-state index contributed by atoms with van der Waals surface area (Å²) < 4.78 is 34.9. The number of ether oxygens (including phenoxy) is 1. The third-order valence-corrected chi connectivity index (χ3v) is 7.17. The molecular weight excluding hydrogens is 412 g/mol. The van der Waals surface area contributed by atoms with Gasteiger partial charge in [-0.2, -0.15) is 9.97 Å². The zero-order valence-corrected chi connectivity index (χ0v) is 17.8. The van der Waals surface area contributed by atoms with Gasteiger partial charge in [-0.15, -0.1) is 0 Å². The van der Waals surface area contributed by atoms with E-state index < -0.39 is 12.0 Å². The van der Waals surface area contributed by atoms with Crippen LogP contribution in [-0.4, -0.2) is 63.8 Å². The van der Waals surface area contributed by atoms with Crippen LogP contribution in [0.1, 0.15) is 45.4 Å². The Balaban J connectivity index is 1.51. The number of fused-ring (bicyclic) bond motifs is 2. The summed E-state index contributed by atoms with van der Waals surface area (Å²) in [6, 6.07) is 0.384. The van der Waals surface area contributed by atoms with Gasteiger partial charge in [-0.1, -0.05) is 11.6 Å². The number of piperidine rings is 1. The van der Waals surface area contributed by atoms with Crippen LogP contribution in [0.15, 0.2) is 6.20 Å². The second-order valence-electron chi connectivity index (χ2n) is 8.86. The normalized spacial score (nSPS) is 29.5. The molecule has 3 atom stereocenters. The van der Waals surface area contributed by atoms with E-state index in [4.69, 9.17) is 16.3 Å². The van der Waals surface area contributed by atoms with Crippen LogP contribution in [0.2, 0.25) is 5.15 Å². The average molecular weight is 438 g/mol. The molecule has 9 heteroatoms. The Morgan fingerprint density at radius 1 is 1.27 bits per heavy atom. The summed E-state index contributed by atoms with van der Waals surface area (Å²) in [5.74, 6) is -0.0430. The molecule has 5 heterocycles. The molecule has 3 aliphatic heterocycles. The first-order valence-corrected chi connectivity index (χ1v) is 11.1. The lowest BCUT2D eigenvalue weighted by atomic mass is 9.95. The van der Waals surface area contributed by atoms with Gasteiger partial charge in [0.2, 0.25) is 0 Å². The van der Waals surface area contributed by atoms with Crippen molar-refractivity contribution in [3.05, 3.63) is 17.2 Å².